The second-order valence-corrected chi connectivity index (χ2v) is 6.29. The number of benzene rings is 3. The summed E-state index contributed by atoms with van der Waals surface area (Å²) < 4.78 is 2.06. The third-order valence-corrected chi connectivity index (χ3v) is 4.71. The van der Waals surface area contributed by atoms with Gasteiger partial charge in [-0.25, -0.2) is 4.98 Å². The summed E-state index contributed by atoms with van der Waals surface area (Å²) in [5.41, 5.74) is 5.59. The first-order valence-electron chi connectivity index (χ1n) is 8.48. The second kappa shape index (κ2) is 5.74. The van der Waals surface area contributed by atoms with Crippen LogP contribution in [0.3, 0.4) is 0 Å². The lowest BCUT2D eigenvalue weighted by atomic mass is 10.1. The van der Waals surface area contributed by atoms with Crippen LogP contribution >= 0.6 is 0 Å². The number of carbonyl (C=O) groups is 1. The van der Waals surface area contributed by atoms with Crippen LogP contribution in [0.4, 0.5) is 5.69 Å². The third-order valence-electron chi connectivity index (χ3n) is 4.71. The molecular weight excluding hydrogens is 324 g/mol. The largest absolute Gasteiger partial charge is 0.361 e. The molecule has 3 aromatic carbocycles. The fraction of sp³-hybridized carbons (Fsp3) is 0.0476. The van der Waals surface area contributed by atoms with Crippen LogP contribution in [0.1, 0.15) is 22.1 Å². The maximum atomic E-state index is 12.3. The van der Waals surface area contributed by atoms with Gasteiger partial charge in [-0.2, -0.15) is 0 Å². The molecule has 5 rings (SSSR count). The summed E-state index contributed by atoms with van der Waals surface area (Å²) in [6.07, 6.45) is 1.59. The quantitative estimate of drug-likeness (QED) is 0.582. The smallest absolute Gasteiger partial charge is 0.255 e. The van der Waals surface area contributed by atoms with E-state index in [0.717, 1.165) is 28.0 Å². The molecule has 2 heterocycles. The number of carbonyl (C=O) groups excluding carboxylic acids is 1. The van der Waals surface area contributed by atoms with E-state index in [9.17, 15) is 4.79 Å². The van der Waals surface area contributed by atoms with Gasteiger partial charge in [-0.05, 0) is 42.0 Å². The Morgan fingerprint density at radius 2 is 1.62 bits per heavy atom. The minimum absolute atomic E-state index is 0.0611. The lowest BCUT2D eigenvalue weighted by Crippen LogP contribution is -2.38. The minimum Gasteiger partial charge on any atom is -0.361 e. The first kappa shape index (κ1) is 14.7. The number of hydrogen-bond acceptors (Lipinski definition) is 3. The zero-order valence-corrected chi connectivity index (χ0v) is 13.9. The van der Waals surface area contributed by atoms with Gasteiger partial charge in [0.1, 0.15) is 12.5 Å². The normalized spacial score (nSPS) is 16.0. The molecule has 0 fully saturated rings. The Morgan fingerprint density at radius 3 is 2.50 bits per heavy atom. The predicted molar refractivity (Wildman–Crippen MR) is 101 cm³/mol. The standard InChI is InChI=1S/C21H16N4O/c26-21-16-5-1-2-6-17(16)23-20(24-21)14-9-11-15(12-10-14)25-13-22-18-7-3-4-8-19(18)25/h1-13,20,23H,(H,24,26)/t20-/m1/s1. The molecule has 1 atom stereocenters. The van der Waals surface area contributed by atoms with Gasteiger partial charge in [0.15, 0.2) is 0 Å². The molecule has 0 saturated carbocycles. The van der Waals surface area contributed by atoms with Crippen molar-refractivity contribution in [2.45, 2.75) is 6.17 Å². The molecule has 5 heteroatoms. The number of hydrogen-bond donors (Lipinski definition) is 2. The molecule has 0 saturated heterocycles. The third kappa shape index (κ3) is 2.33. The maximum Gasteiger partial charge on any atom is 0.255 e. The average molecular weight is 340 g/mol. The maximum absolute atomic E-state index is 12.3. The Bertz CT molecular complexity index is 1110. The molecular formula is C21H16N4O. The number of imidazole rings is 1. The van der Waals surface area contributed by atoms with E-state index in [1.807, 2.05) is 73.1 Å². The first-order chi connectivity index (χ1) is 12.8. The number of rotatable bonds is 2. The molecule has 26 heavy (non-hydrogen) atoms. The van der Waals surface area contributed by atoms with Crippen molar-refractivity contribution in [2.24, 2.45) is 0 Å². The van der Waals surface area contributed by atoms with Crippen LogP contribution in [0.2, 0.25) is 0 Å². The van der Waals surface area contributed by atoms with E-state index in [2.05, 4.69) is 26.3 Å². The molecule has 1 aliphatic rings. The van der Waals surface area contributed by atoms with Crippen LogP contribution in [-0.2, 0) is 0 Å². The number of fused-ring (bicyclic) bond motifs is 2. The van der Waals surface area contributed by atoms with Crippen LogP contribution < -0.4 is 10.6 Å². The molecule has 0 radical (unpaired) electrons. The number of nitrogens with one attached hydrogen (secondary N) is 2. The van der Waals surface area contributed by atoms with E-state index in [4.69, 9.17) is 0 Å². The lowest BCUT2D eigenvalue weighted by Gasteiger charge is -2.28. The van der Waals surface area contributed by atoms with Crippen molar-refractivity contribution in [3.05, 3.63) is 90.3 Å². The Kier molecular flexibility index (Phi) is 3.25. The molecule has 0 spiro atoms. The highest BCUT2D eigenvalue weighted by molar-refractivity contribution is 6.01. The van der Waals surface area contributed by atoms with Crippen LogP contribution in [0.5, 0.6) is 0 Å². The van der Waals surface area contributed by atoms with Crippen LogP contribution in [0.25, 0.3) is 16.7 Å². The summed E-state index contributed by atoms with van der Waals surface area (Å²) in [5.74, 6) is -0.0611. The molecule has 0 bridgehead atoms. The van der Waals surface area contributed by atoms with Gasteiger partial charge in [0.25, 0.3) is 5.91 Å². The second-order valence-electron chi connectivity index (χ2n) is 6.29. The summed E-state index contributed by atoms with van der Waals surface area (Å²) in [7, 11) is 0. The number of anilines is 1. The van der Waals surface area contributed by atoms with Crippen molar-refractivity contribution in [1.82, 2.24) is 14.9 Å². The van der Waals surface area contributed by atoms with E-state index in [-0.39, 0.29) is 12.1 Å². The first-order valence-corrected chi connectivity index (χ1v) is 8.48. The van der Waals surface area contributed by atoms with Gasteiger partial charge in [0, 0.05) is 11.4 Å². The van der Waals surface area contributed by atoms with E-state index < -0.39 is 0 Å². The van der Waals surface area contributed by atoms with Crippen molar-refractivity contribution < 1.29 is 4.79 Å². The molecule has 1 aromatic heterocycles. The topological polar surface area (TPSA) is 59.0 Å². The van der Waals surface area contributed by atoms with E-state index >= 15 is 0 Å². The Labute approximate surface area is 150 Å². The van der Waals surface area contributed by atoms with Gasteiger partial charge in [0.2, 0.25) is 0 Å². The monoisotopic (exact) mass is 340 g/mol. The Hall–Kier alpha value is -3.60. The number of nitrogens with zero attached hydrogens (tertiary/aromatic N) is 2. The molecule has 2 N–H and O–H groups in total. The molecule has 0 unspecified atom stereocenters. The molecule has 5 nitrogen and oxygen atoms in total. The number of para-hydroxylation sites is 3. The highest BCUT2D eigenvalue weighted by atomic mass is 16.2. The molecule has 126 valence electrons. The summed E-state index contributed by atoms with van der Waals surface area (Å²) in [6.45, 7) is 0. The van der Waals surface area contributed by atoms with Gasteiger partial charge < -0.3 is 10.6 Å². The van der Waals surface area contributed by atoms with Crippen molar-refractivity contribution >= 4 is 22.6 Å². The summed E-state index contributed by atoms with van der Waals surface area (Å²) in [4.78, 5) is 16.7. The van der Waals surface area contributed by atoms with E-state index in [0.29, 0.717) is 5.56 Å². The highest BCUT2D eigenvalue weighted by Gasteiger charge is 2.23. The summed E-state index contributed by atoms with van der Waals surface area (Å²) >= 11 is 0. The van der Waals surface area contributed by atoms with Gasteiger partial charge in [-0.1, -0.05) is 36.4 Å². The van der Waals surface area contributed by atoms with E-state index in [1.54, 1.807) is 0 Å². The molecule has 1 amide bonds. The van der Waals surface area contributed by atoms with Gasteiger partial charge in [0.05, 0.1) is 16.6 Å². The Balaban J connectivity index is 1.47. The van der Waals surface area contributed by atoms with Gasteiger partial charge >= 0.3 is 0 Å². The van der Waals surface area contributed by atoms with Gasteiger partial charge in [-0.3, -0.25) is 9.36 Å². The predicted octanol–water partition coefficient (Wildman–Crippen LogP) is 3.88. The zero-order valence-electron chi connectivity index (χ0n) is 13.9. The van der Waals surface area contributed by atoms with Crippen LogP contribution in [0, 0.1) is 0 Å². The van der Waals surface area contributed by atoms with Crippen LogP contribution in [0.15, 0.2) is 79.1 Å². The fourth-order valence-electron chi connectivity index (χ4n) is 3.37. The number of amides is 1. The minimum atomic E-state index is -0.244. The highest BCUT2D eigenvalue weighted by Crippen LogP contribution is 2.27. The molecule has 0 aliphatic carbocycles. The van der Waals surface area contributed by atoms with Gasteiger partial charge in [-0.15, -0.1) is 0 Å². The zero-order chi connectivity index (χ0) is 17.5. The van der Waals surface area contributed by atoms with E-state index in [1.165, 1.54) is 0 Å². The SMILES string of the molecule is O=C1N[C@H](c2ccc(-n3cnc4ccccc43)cc2)Nc2ccccc21. The van der Waals surface area contributed by atoms with Crippen molar-refractivity contribution in [3.8, 4) is 5.69 Å². The lowest BCUT2D eigenvalue weighted by molar-refractivity contribution is 0.0935. The number of aromatic nitrogens is 2. The van der Waals surface area contributed by atoms with Crippen LogP contribution in [-0.4, -0.2) is 15.5 Å². The van der Waals surface area contributed by atoms with Crippen molar-refractivity contribution in [1.29, 1.82) is 0 Å². The molecule has 4 aromatic rings. The summed E-state index contributed by atoms with van der Waals surface area (Å²) in [6, 6.07) is 23.7. The Morgan fingerprint density at radius 1 is 0.846 bits per heavy atom. The fourth-order valence-corrected chi connectivity index (χ4v) is 3.37. The van der Waals surface area contributed by atoms with Crippen molar-refractivity contribution in [3.63, 3.8) is 0 Å². The van der Waals surface area contributed by atoms with Crippen molar-refractivity contribution in [2.75, 3.05) is 5.32 Å². The summed E-state index contributed by atoms with van der Waals surface area (Å²) in [5, 5.41) is 6.38. The molecule has 1 aliphatic heterocycles. The average Bonchev–Trinajstić information content (AvgIpc) is 3.12.